The van der Waals surface area contributed by atoms with Crippen molar-refractivity contribution in [2.45, 2.75) is 6.17 Å². The van der Waals surface area contributed by atoms with Gasteiger partial charge in [0.25, 0.3) is 5.69 Å². The number of rotatable bonds is 3. The molecule has 15 heavy (non-hydrogen) atoms. The average molecular weight is 234 g/mol. The highest BCUT2D eigenvalue weighted by Crippen LogP contribution is 2.29. The number of nitro groups is 1. The Morgan fingerprint density at radius 3 is 2.67 bits per heavy atom. The van der Waals surface area contributed by atoms with E-state index in [-0.39, 0.29) is 10.6 Å². The summed E-state index contributed by atoms with van der Waals surface area (Å²) < 4.78 is 13.0. The first kappa shape index (κ1) is 11.4. The van der Waals surface area contributed by atoms with Gasteiger partial charge in [-0.05, 0) is 6.07 Å². The van der Waals surface area contributed by atoms with Crippen LogP contribution in [0.5, 0.6) is 0 Å². The van der Waals surface area contributed by atoms with Crippen molar-refractivity contribution in [2.24, 2.45) is 0 Å². The van der Waals surface area contributed by atoms with Crippen LogP contribution in [-0.2, 0) is 4.79 Å². The first-order chi connectivity index (χ1) is 6.93. The molecule has 1 aromatic carbocycles. The number of alkyl halides is 1. The number of hydrogen-bond acceptors (Lipinski definition) is 3. The quantitative estimate of drug-likeness (QED) is 0.642. The van der Waals surface area contributed by atoms with Crippen molar-refractivity contribution in [3.63, 3.8) is 0 Å². The largest absolute Gasteiger partial charge is 0.479 e. The molecule has 0 bridgehead atoms. The average Bonchev–Trinajstić information content (AvgIpc) is 2.16. The summed E-state index contributed by atoms with van der Waals surface area (Å²) in [4.78, 5) is 19.9. The van der Waals surface area contributed by atoms with E-state index in [0.717, 1.165) is 18.2 Å². The molecule has 1 unspecified atom stereocenters. The van der Waals surface area contributed by atoms with E-state index in [4.69, 9.17) is 16.7 Å². The normalized spacial score (nSPS) is 12.1. The van der Waals surface area contributed by atoms with Gasteiger partial charge >= 0.3 is 5.97 Å². The number of benzene rings is 1. The number of hydrogen-bond donors (Lipinski definition) is 1. The zero-order valence-corrected chi connectivity index (χ0v) is 7.94. The van der Waals surface area contributed by atoms with E-state index < -0.39 is 22.8 Å². The standard InChI is InChI=1S/C8H5ClFNO4/c9-5-2-1-4(7(10)8(12)13)3-6(5)11(14)15/h1-3,7H,(H,12,13). The van der Waals surface area contributed by atoms with Crippen LogP contribution in [0.4, 0.5) is 10.1 Å². The summed E-state index contributed by atoms with van der Waals surface area (Å²) in [6.07, 6.45) is -2.29. The third-order valence-electron chi connectivity index (χ3n) is 1.68. The fourth-order valence-corrected chi connectivity index (χ4v) is 1.16. The lowest BCUT2D eigenvalue weighted by molar-refractivity contribution is -0.384. The minimum absolute atomic E-state index is 0.165. The Balaban J connectivity index is 3.18. The van der Waals surface area contributed by atoms with E-state index in [1.165, 1.54) is 0 Å². The molecule has 80 valence electrons. The van der Waals surface area contributed by atoms with Gasteiger partial charge in [0.05, 0.1) is 4.92 Å². The molecule has 0 saturated carbocycles. The molecule has 0 spiro atoms. The fraction of sp³-hybridized carbons (Fsp3) is 0.125. The Morgan fingerprint density at radius 2 is 2.20 bits per heavy atom. The lowest BCUT2D eigenvalue weighted by atomic mass is 10.1. The van der Waals surface area contributed by atoms with Crippen LogP contribution in [0.25, 0.3) is 0 Å². The number of carboxylic acid groups (broad SMARTS) is 1. The topological polar surface area (TPSA) is 80.4 Å². The Hall–Kier alpha value is -1.69. The van der Waals surface area contributed by atoms with Crippen molar-refractivity contribution in [3.05, 3.63) is 38.9 Å². The monoisotopic (exact) mass is 233 g/mol. The smallest absolute Gasteiger partial charge is 0.343 e. The fourth-order valence-electron chi connectivity index (χ4n) is 0.970. The summed E-state index contributed by atoms with van der Waals surface area (Å²) in [7, 11) is 0. The molecule has 0 heterocycles. The van der Waals surface area contributed by atoms with Crippen molar-refractivity contribution in [1.29, 1.82) is 0 Å². The van der Waals surface area contributed by atoms with Gasteiger partial charge in [-0.2, -0.15) is 0 Å². The SMILES string of the molecule is O=C(O)C(F)c1ccc(Cl)c([N+](=O)[O-])c1. The number of halogens is 2. The highest BCUT2D eigenvalue weighted by Gasteiger charge is 2.22. The van der Waals surface area contributed by atoms with Gasteiger partial charge in [-0.1, -0.05) is 17.7 Å². The van der Waals surface area contributed by atoms with Crippen LogP contribution in [0.1, 0.15) is 11.7 Å². The lowest BCUT2D eigenvalue weighted by Crippen LogP contribution is -2.06. The van der Waals surface area contributed by atoms with E-state index in [0.29, 0.717) is 0 Å². The number of aliphatic carboxylic acids is 1. The van der Waals surface area contributed by atoms with E-state index in [1.54, 1.807) is 0 Å². The van der Waals surface area contributed by atoms with Gasteiger partial charge in [0.15, 0.2) is 0 Å². The zero-order valence-electron chi connectivity index (χ0n) is 7.18. The molecular weight excluding hydrogens is 229 g/mol. The van der Waals surface area contributed by atoms with Crippen molar-refractivity contribution < 1.29 is 19.2 Å². The van der Waals surface area contributed by atoms with Crippen LogP contribution in [0.15, 0.2) is 18.2 Å². The minimum Gasteiger partial charge on any atom is -0.479 e. The van der Waals surface area contributed by atoms with E-state index in [9.17, 15) is 19.3 Å². The van der Waals surface area contributed by atoms with Crippen LogP contribution in [0, 0.1) is 10.1 Å². The lowest BCUT2D eigenvalue weighted by Gasteiger charge is -2.03. The third-order valence-corrected chi connectivity index (χ3v) is 2.00. The zero-order chi connectivity index (χ0) is 11.6. The second kappa shape index (κ2) is 4.22. The van der Waals surface area contributed by atoms with Gasteiger partial charge in [0, 0.05) is 11.6 Å². The maximum absolute atomic E-state index is 13.0. The molecule has 0 aliphatic rings. The molecule has 7 heteroatoms. The molecule has 1 aromatic rings. The highest BCUT2D eigenvalue weighted by molar-refractivity contribution is 6.32. The predicted molar refractivity (Wildman–Crippen MR) is 49.6 cm³/mol. The Labute approximate surface area is 88.2 Å². The molecule has 0 aliphatic carbocycles. The van der Waals surface area contributed by atoms with Crippen LogP contribution in [0.3, 0.4) is 0 Å². The summed E-state index contributed by atoms with van der Waals surface area (Å²) in [5.41, 5.74) is -0.823. The van der Waals surface area contributed by atoms with Crippen LogP contribution in [0.2, 0.25) is 5.02 Å². The predicted octanol–water partition coefficient (Wildman–Crippen LogP) is 2.34. The van der Waals surface area contributed by atoms with E-state index in [1.807, 2.05) is 0 Å². The highest BCUT2D eigenvalue weighted by atomic mass is 35.5. The first-order valence-electron chi connectivity index (χ1n) is 3.74. The number of nitro benzene ring substituents is 1. The first-order valence-corrected chi connectivity index (χ1v) is 4.12. The minimum atomic E-state index is -2.29. The van der Waals surface area contributed by atoms with Crippen molar-refractivity contribution in [1.82, 2.24) is 0 Å². The second-order valence-corrected chi connectivity index (χ2v) is 3.08. The summed E-state index contributed by atoms with van der Waals surface area (Å²) in [5, 5.41) is 18.6. The van der Waals surface area contributed by atoms with Crippen molar-refractivity contribution >= 4 is 23.3 Å². The molecule has 0 saturated heterocycles. The Kier molecular flexibility index (Phi) is 3.21. The molecule has 0 radical (unpaired) electrons. The Morgan fingerprint density at radius 1 is 1.60 bits per heavy atom. The summed E-state index contributed by atoms with van der Waals surface area (Å²) >= 11 is 5.46. The van der Waals surface area contributed by atoms with Crippen LogP contribution in [-0.4, -0.2) is 16.0 Å². The van der Waals surface area contributed by atoms with Gasteiger partial charge in [-0.25, -0.2) is 9.18 Å². The molecule has 0 amide bonds. The molecular formula is C8H5ClFNO4. The van der Waals surface area contributed by atoms with Gasteiger partial charge in [0.1, 0.15) is 5.02 Å². The molecule has 0 fully saturated rings. The van der Waals surface area contributed by atoms with Gasteiger partial charge in [-0.3, -0.25) is 10.1 Å². The summed E-state index contributed by atoms with van der Waals surface area (Å²) in [5.74, 6) is -1.70. The number of carboxylic acids is 1. The third kappa shape index (κ3) is 2.41. The number of nitrogens with zero attached hydrogens (tertiary/aromatic N) is 1. The molecule has 0 aliphatic heterocycles. The van der Waals surface area contributed by atoms with Crippen LogP contribution < -0.4 is 0 Å². The molecule has 0 aromatic heterocycles. The summed E-state index contributed by atoms with van der Waals surface area (Å²) in [6.45, 7) is 0. The van der Waals surface area contributed by atoms with Crippen LogP contribution >= 0.6 is 11.6 Å². The van der Waals surface area contributed by atoms with Gasteiger partial charge in [0.2, 0.25) is 6.17 Å². The molecule has 1 N–H and O–H groups in total. The summed E-state index contributed by atoms with van der Waals surface area (Å²) in [6, 6.07) is 2.99. The number of carbonyl (C=O) groups is 1. The molecule has 5 nitrogen and oxygen atoms in total. The molecule has 1 rings (SSSR count). The van der Waals surface area contributed by atoms with Gasteiger partial charge in [-0.15, -0.1) is 0 Å². The maximum atomic E-state index is 13.0. The van der Waals surface area contributed by atoms with Crippen molar-refractivity contribution in [2.75, 3.05) is 0 Å². The Bertz CT molecular complexity index is 423. The van der Waals surface area contributed by atoms with E-state index in [2.05, 4.69) is 0 Å². The van der Waals surface area contributed by atoms with Crippen molar-refractivity contribution in [3.8, 4) is 0 Å². The van der Waals surface area contributed by atoms with Gasteiger partial charge < -0.3 is 5.11 Å². The van der Waals surface area contributed by atoms with E-state index >= 15 is 0 Å². The second-order valence-electron chi connectivity index (χ2n) is 2.67. The molecule has 1 atom stereocenters. The maximum Gasteiger partial charge on any atom is 0.343 e.